The lowest BCUT2D eigenvalue weighted by molar-refractivity contribution is -0.862. The second kappa shape index (κ2) is 10.6. The van der Waals surface area contributed by atoms with Gasteiger partial charge in [-0.3, -0.25) is 9.59 Å². The van der Waals surface area contributed by atoms with Crippen molar-refractivity contribution in [1.29, 1.82) is 0 Å². The molecule has 0 spiro atoms. The summed E-state index contributed by atoms with van der Waals surface area (Å²) in [6.45, 7) is 15.0. The van der Waals surface area contributed by atoms with Gasteiger partial charge in [0.25, 0.3) is 11.8 Å². The van der Waals surface area contributed by atoms with Crippen LogP contribution in [0.2, 0.25) is 0 Å². The van der Waals surface area contributed by atoms with Crippen molar-refractivity contribution >= 4 is 23.2 Å². The number of para-hydroxylation sites is 1. The zero-order valence-electron chi connectivity index (χ0n) is 20.3. The number of amides is 2. The summed E-state index contributed by atoms with van der Waals surface area (Å²) in [6, 6.07) is 10.3. The molecule has 0 fully saturated rings. The van der Waals surface area contributed by atoms with Gasteiger partial charge in [-0.25, -0.2) is 0 Å². The summed E-state index contributed by atoms with van der Waals surface area (Å²) in [4.78, 5) is 26.2. The number of likely N-dealkylation sites (N-methyl/N-ethyl adjacent to an activating group) is 1. The van der Waals surface area contributed by atoms with Crippen molar-refractivity contribution < 1.29 is 14.5 Å². The van der Waals surface area contributed by atoms with Gasteiger partial charge >= 0.3 is 0 Å². The highest BCUT2D eigenvalue weighted by Gasteiger charge is 2.19. The second-order valence-electron chi connectivity index (χ2n) is 9.30. The van der Waals surface area contributed by atoms with Crippen molar-refractivity contribution in [1.82, 2.24) is 0 Å². The van der Waals surface area contributed by atoms with E-state index in [1.807, 2.05) is 27.8 Å². The molecule has 0 aliphatic heterocycles. The minimum absolute atomic E-state index is 0.0806. The molecule has 2 aromatic rings. The SMILES string of the molecule is Cc1cc(C)c(NC(=O)C[NH+](C)CC(=O)Nc2c(C(C)C)cccc2C(C)C)c(C)c1. The molecule has 168 valence electrons. The lowest BCUT2D eigenvalue weighted by atomic mass is 9.92. The molecule has 1 unspecified atom stereocenters. The van der Waals surface area contributed by atoms with Gasteiger partial charge in [0.2, 0.25) is 0 Å². The van der Waals surface area contributed by atoms with Crippen LogP contribution in [0, 0.1) is 20.8 Å². The Hall–Kier alpha value is -2.66. The monoisotopic (exact) mass is 424 g/mol. The van der Waals surface area contributed by atoms with Crippen LogP contribution in [0.3, 0.4) is 0 Å². The fraction of sp³-hybridized carbons (Fsp3) is 0.462. The maximum atomic E-state index is 12.8. The summed E-state index contributed by atoms with van der Waals surface area (Å²) >= 11 is 0. The van der Waals surface area contributed by atoms with Crippen LogP contribution in [-0.2, 0) is 9.59 Å². The number of carbonyl (C=O) groups excluding carboxylic acids is 2. The van der Waals surface area contributed by atoms with Crippen molar-refractivity contribution in [2.24, 2.45) is 0 Å². The number of nitrogens with one attached hydrogen (secondary N) is 3. The highest BCUT2D eigenvalue weighted by molar-refractivity contribution is 5.95. The summed E-state index contributed by atoms with van der Waals surface area (Å²) in [7, 11) is 1.87. The Kier molecular flexibility index (Phi) is 8.40. The Balaban J connectivity index is 2.03. The molecule has 0 heterocycles. The molecule has 0 bridgehead atoms. The van der Waals surface area contributed by atoms with Crippen LogP contribution in [-0.4, -0.2) is 32.0 Å². The Bertz CT molecular complexity index is 898. The first kappa shape index (κ1) is 24.6. The normalized spacial score (nSPS) is 12.2. The van der Waals surface area contributed by atoms with Gasteiger partial charge < -0.3 is 15.5 Å². The molecule has 2 aromatic carbocycles. The number of rotatable bonds is 8. The van der Waals surface area contributed by atoms with Crippen molar-refractivity contribution in [2.45, 2.75) is 60.3 Å². The van der Waals surface area contributed by atoms with E-state index >= 15 is 0 Å². The lowest BCUT2D eigenvalue weighted by Crippen LogP contribution is -3.11. The largest absolute Gasteiger partial charge is 0.322 e. The Morgan fingerprint density at radius 2 is 1.23 bits per heavy atom. The van der Waals surface area contributed by atoms with Crippen molar-refractivity contribution in [3.8, 4) is 0 Å². The second-order valence-corrected chi connectivity index (χ2v) is 9.30. The van der Waals surface area contributed by atoms with Gasteiger partial charge in [-0.1, -0.05) is 63.6 Å². The minimum atomic E-state index is -0.0918. The van der Waals surface area contributed by atoms with Crippen LogP contribution < -0.4 is 15.5 Å². The average Bonchev–Trinajstić information content (AvgIpc) is 2.64. The number of carbonyl (C=O) groups is 2. The Morgan fingerprint density at radius 1 is 0.806 bits per heavy atom. The van der Waals surface area contributed by atoms with Crippen LogP contribution in [0.4, 0.5) is 11.4 Å². The molecule has 0 aliphatic carbocycles. The molecule has 0 aromatic heterocycles. The lowest BCUT2D eigenvalue weighted by Gasteiger charge is -2.21. The molecule has 3 N–H and O–H groups in total. The number of aryl methyl sites for hydroxylation is 3. The third kappa shape index (κ3) is 6.66. The predicted octanol–water partition coefficient (Wildman–Crippen LogP) is 3.95. The predicted molar refractivity (Wildman–Crippen MR) is 129 cm³/mol. The van der Waals surface area contributed by atoms with Crippen LogP contribution in [0.25, 0.3) is 0 Å². The summed E-state index contributed by atoms with van der Waals surface area (Å²) in [6.07, 6.45) is 0. The van der Waals surface area contributed by atoms with E-state index in [0.29, 0.717) is 11.8 Å². The Morgan fingerprint density at radius 3 is 1.65 bits per heavy atom. The number of hydrogen-bond donors (Lipinski definition) is 3. The molecular formula is C26H38N3O2+. The van der Waals surface area contributed by atoms with Gasteiger partial charge in [0.1, 0.15) is 0 Å². The molecule has 0 saturated heterocycles. The average molecular weight is 425 g/mol. The molecule has 5 heteroatoms. The molecule has 31 heavy (non-hydrogen) atoms. The van der Waals surface area contributed by atoms with Crippen molar-refractivity contribution in [3.05, 3.63) is 58.1 Å². The van der Waals surface area contributed by atoms with Gasteiger partial charge in [-0.15, -0.1) is 0 Å². The molecule has 0 saturated carbocycles. The van der Waals surface area contributed by atoms with Gasteiger partial charge in [0.15, 0.2) is 13.1 Å². The van der Waals surface area contributed by atoms with E-state index in [9.17, 15) is 9.59 Å². The third-order valence-electron chi connectivity index (χ3n) is 5.50. The fourth-order valence-electron chi connectivity index (χ4n) is 4.05. The number of benzene rings is 2. The molecule has 2 amide bonds. The van der Waals surface area contributed by atoms with Crippen molar-refractivity contribution in [3.63, 3.8) is 0 Å². The van der Waals surface area contributed by atoms with Crippen LogP contribution in [0.1, 0.15) is 67.3 Å². The van der Waals surface area contributed by atoms with Crippen LogP contribution in [0.5, 0.6) is 0 Å². The third-order valence-corrected chi connectivity index (χ3v) is 5.50. The molecule has 5 nitrogen and oxygen atoms in total. The van der Waals surface area contributed by atoms with Gasteiger partial charge in [0, 0.05) is 11.4 Å². The van der Waals surface area contributed by atoms with E-state index < -0.39 is 0 Å². The van der Waals surface area contributed by atoms with Crippen LogP contribution >= 0.6 is 0 Å². The van der Waals surface area contributed by atoms with E-state index in [0.717, 1.165) is 38.5 Å². The van der Waals surface area contributed by atoms with Gasteiger partial charge in [-0.2, -0.15) is 0 Å². The van der Waals surface area contributed by atoms with Gasteiger partial charge in [-0.05, 0) is 54.9 Å². The first-order valence-electron chi connectivity index (χ1n) is 11.1. The maximum Gasteiger partial charge on any atom is 0.279 e. The minimum Gasteiger partial charge on any atom is -0.322 e. The van der Waals surface area contributed by atoms with Gasteiger partial charge in [0.05, 0.1) is 7.05 Å². The van der Waals surface area contributed by atoms with E-state index in [1.165, 1.54) is 5.56 Å². The van der Waals surface area contributed by atoms with Crippen LogP contribution in [0.15, 0.2) is 30.3 Å². The molecule has 0 aliphatic rings. The smallest absolute Gasteiger partial charge is 0.279 e. The fourth-order valence-corrected chi connectivity index (χ4v) is 4.05. The summed E-state index contributed by atoms with van der Waals surface area (Å²) in [5.41, 5.74) is 7.33. The Labute approximate surface area is 187 Å². The topological polar surface area (TPSA) is 62.6 Å². The summed E-state index contributed by atoms with van der Waals surface area (Å²) < 4.78 is 0. The number of anilines is 2. The van der Waals surface area contributed by atoms with E-state index in [4.69, 9.17) is 0 Å². The zero-order valence-corrected chi connectivity index (χ0v) is 20.3. The molecule has 1 atom stereocenters. The van der Waals surface area contributed by atoms with E-state index in [-0.39, 0.29) is 24.9 Å². The highest BCUT2D eigenvalue weighted by Crippen LogP contribution is 2.32. The highest BCUT2D eigenvalue weighted by atomic mass is 16.2. The molecule has 0 radical (unpaired) electrons. The first-order valence-corrected chi connectivity index (χ1v) is 11.1. The number of hydrogen-bond acceptors (Lipinski definition) is 2. The molecular weight excluding hydrogens is 386 g/mol. The van der Waals surface area contributed by atoms with E-state index in [2.05, 4.69) is 68.7 Å². The zero-order chi connectivity index (χ0) is 23.3. The first-order chi connectivity index (χ1) is 14.5. The quantitative estimate of drug-likeness (QED) is 0.601. The maximum absolute atomic E-state index is 12.8. The van der Waals surface area contributed by atoms with E-state index in [1.54, 1.807) is 0 Å². The standard InChI is InChI=1S/C26H37N3O2/c1-16(2)21-10-9-11-22(17(3)4)26(21)28-24(31)15-29(8)14-23(30)27-25-19(6)12-18(5)13-20(25)7/h9-13,16-17H,14-15H2,1-8H3,(H,27,30)(H,28,31)/p+1. The van der Waals surface area contributed by atoms with Crippen molar-refractivity contribution in [2.75, 3.05) is 30.8 Å². The summed E-state index contributed by atoms with van der Waals surface area (Å²) in [5, 5.41) is 6.14. The molecule has 2 rings (SSSR count). The summed E-state index contributed by atoms with van der Waals surface area (Å²) in [5.74, 6) is 0.450. The number of quaternary nitrogens is 1.